The summed E-state index contributed by atoms with van der Waals surface area (Å²) in [5, 5.41) is 0. The smallest absolute Gasteiger partial charge is 0.0292 e. The van der Waals surface area contributed by atoms with Gasteiger partial charge >= 0.3 is 0 Å². The molecule has 0 N–H and O–H groups in total. The van der Waals surface area contributed by atoms with Gasteiger partial charge in [-0.05, 0) is 98.2 Å². The molecule has 0 bridgehead atoms. The van der Waals surface area contributed by atoms with E-state index < -0.39 is 0 Å². The second-order valence-corrected chi connectivity index (χ2v) is 13.8. The fourth-order valence-electron chi connectivity index (χ4n) is 8.17. The Morgan fingerprint density at radius 1 is 0.774 bits per heavy atom. The van der Waals surface area contributed by atoms with Crippen molar-refractivity contribution in [2.45, 2.75) is 157 Å². The zero-order chi connectivity index (χ0) is 22.3. The van der Waals surface area contributed by atoms with Crippen LogP contribution in [0.2, 0.25) is 0 Å². The predicted octanol–water partition coefficient (Wildman–Crippen LogP) is 10.6. The summed E-state index contributed by atoms with van der Waals surface area (Å²) < 4.78 is 0. The molecule has 0 aliphatic heterocycles. The average Bonchev–Trinajstić information content (AvgIpc) is 3.09. The van der Waals surface area contributed by atoms with Crippen LogP contribution in [0.3, 0.4) is 0 Å². The van der Waals surface area contributed by atoms with E-state index in [1.807, 2.05) is 0 Å². The minimum atomic E-state index is 0.682. The lowest BCUT2D eigenvalue weighted by atomic mass is 9.63. The SMILES string of the molecule is CC1CC[C@@]2(CC[C@H](C)C2)CC1CCCCC[C@H](C)C[C@H](C)CCC1(C)CCCCC1. The second-order valence-electron chi connectivity index (χ2n) is 13.8. The zero-order valence-corrected chi connectivity index (χ0v) is 22.3. The first-order chi connectivity index (χ1) is 14.8. The lowest BCUT2D eigenvalue weighted by molar-refractivity contribution is 0.0894. The van der Waals surface area contributed by atoms with Gasteiger partial charge in [-0.1, -0.05) is 98.8 Å². The monoisotopic (exact) mass is 430 g/mol. The van der Waals surface area contributed by atoms with Crippen molar-refractivity contribution in [3.8, 4) is 0 Å². The van der Waals surface area contributed by atoms with Crippen molar-refractivity contribution in [3.63, 3.8) is 0 Å². The molecular formula is C31H58. The molecule has 182 valence electrons. The molecule has 0 heteroatoms. The van der Waals surface area contributed by atoms with Crippen molar-refractivity contribution in [3.05, 3.63) is 0 Å². The molecule has 3 fully saturated rings. The lowest BCUT2D eigenvalue weighted by Crippen LogP contribution is -2.31. The third-order valence-electron chi connectivity index (χ3n) is 10.5. The van der Waals surface area contributed by atoms with Gasteiger partial charge in [0, 0.05) is 0 Å². The summed E-state index contributed by atoms with van der Waals surface area (Å²) in [4.78, 5) is 0. The highest BCUT2D eigenvalue weighted by Gasteiger charge is 2.42. The van der Waals surface area contributed by atoms with E-state index in [4.69, 9.17) is 0 Å². The van der Waals surface area contributed by atoms with Crippen LogP contribution in [0, 0.1) is 40.4 Å². The summed E-state index contributed by atoms with van der Waals surface area (Å²) >= 11 is 0. The number of rotatable bonds is 11. The van der Waals surface area contributed by atoms with Crippen LogP contribution in [0.1, 0.15) is 157 Å². The topological polar surface area (TPSA) is 0 Å². The van der Waals surface area contributed by atoms with Crippen LogP contribution in [0.4, 0.5) is 0 Å². The summed E-state index contributed by atoms with van der Waals surface area (Å²) in [6, 6.07) is 0. The van der Waals surface area contributed by atoms with Gasteiger partial charge in [0.2, 0.25) is 0 Å². The Morgan fingerprint density at radius 2 is 1.48 bits per heavy atom. The summed E-state index contributed by atoms with van der Waals surface area (Å²) in [5.41, 5.74) is 1.46. The van der Waals surface area contributed by atoms with Gasteiger partial charge in [0.15, 0.2) is 0 Å². The Bertz CT molecular complexity index is 500. The minimum Gasteiger partial charge on any atom is -0.0625 e. The quantitative estimate of drug-likeness (QED) is 0.286. The van der Waals surface area contributed by atoms with E-state index in [1.165, 1.54) is 96.3 Å². The zero-order valence-electron chi connectivity index (χ0n) is 22.3. The van der Waals surface area contributed by atoms with Crippen molar-refractivity contribution in [2.24, 2.45) is 40.4 Å². The second kappa shape index (κ2) is 11.9. The molecule has 0 aromatic heterocycles. The van der Waals surface area contributed by atoms with E-state index >= 15 is 0 Å². The van der Waals surface area contributed by atoms with Crippen molar-refractivity contribution >= 4 is 0 Å². The Hall–Kier alpha value is 0. The van der Waals surface area contributed by atoms with E-state index in [0.717, 1.165) is 35.0 Å². The number of hydrogen-bond acceptors (Lipinski definition) is 0. The van der Waals surface area contributed by atoms with Crippen LogP contribution in [-0.2, 0) is 0 Å². The fraction of sp³-hybridized carbons (Fsp3) is 1.00. The first-order valence-electron chi connectivity index (χ1n) is 14.8. The molecule has 3 aliphatic rings. The maximum Gasteiger partial charge on any atom is -0.0292 e. The first kappa shape index (κ1) is 25.6. The van der Waals surface area contributed by atoms with Crippen molar-refractivity contribution in [1.29, 1.82) is 0 Å². The van der Waals surface area contributed by atoms with Crippen molar-refractivity contribution < 1.29 is 0 Å². The molecule has 1 spiro atoms. The first-order valence-corrected chi connectivity index (χ1v) is 14.8. The molecule has 0 saturated heterocycles. The number of hydrogen-bond donors (Lipinski definition) is 0. The van der Waals surface area contributed by atoms with Crippen LogP contribution in [0.5, 0.6) is 0 Å². The molecule has 6 atom stereocenters. The Balaban J connectivity index is 1.25. The Kier molecular flexibility index (Phi) is 9.85. The Morgan fingerprint density at radius 3 is 2.19 bits per heavy atom. The van der Waals surface area contributed by atoms with Crippen LogP contribution in [-0.4, -0.2) is 0 Å². The molecule has 3 saturated carbocycles. The molecule has 0 aromatic carbocycles. The molecule has 31 heavy (non-hydrogen) atoms. The molecule has 3 rings (SSSR count). The Labute approximate surface area is 197 Å². The fourth-order valence-corrected chi connectivity index (χ4v) is 8.17. The van der Waals surface area contributed by atoms with Gasteiger partial charge < -0.3 is 0 Å². The molecule has 0 radical (unpaired) electrons. The average molecular weight is 431 g/mol. The highest BCUT2D eigenvalue weighted by Crippen LogP contribution is 2.54. The summed E-state index contributed by atoms with van der Waals surface area (Å²) in [6.07, 6.45) is 28.6. The van der Waals surface area contributed by atoms with Gasteiger partial charge in [0.05, 0.1) is 0 Å². The third-order valence-corrected chi connectivity index (χ3v) is 10.5. The maximum absolute atomic E-state index is 2.57. The van der Waals surface area contributed by atoms with Gasteiger partial charge in [-0.2, -0.15) is 0 Å². The van der Waals surface area contributed by atoms with E-state index in [0.29, 0.717) is 5.41 Å². The van der Waals surface area contributed by atoms with Gasteiger partial charge in [-0.25, -0.2) is 0 Å². The van der Waals surface area contributed by atoms with E-state index in [2.05, 4.69) is 34.6 Å². The van der Waals surface area contributed by atoms with Crippen LogP contribution in [0.15, 0.2) is 0 Å². The summed E-state index contributed by atoms with van der Waals surface area (Å²) in [5.74, 6) is 4.90. The maximum atomic E-state index is 2.57. The molecule has 0 nitrogen and oxygen atoms in total. The largest absolute Gasteiger partial charge is 0.0625 e. The highest BCUT2D eigenvalue weighted by atomic mass is 14.5. The van der Waals surface area contributed by atoms with E-state index in [-0.39, 0.29) is 0 Å². The van der Waals surface area contributed by atoms with Crippen LogP contribution >= 0.6 is 0 Å². The molecule has 3 aliphatic carbocycles. The molecular weight excluding hydrogens is 372 g/mol. The van der Waals surface area contributed by atoms with Gasteiger partial charge in [-0.3, -0.25) is 0 Å². The van der Waals surface area contributed by atoms with E-state index in [9.17, 15) is 0 Å². The molecule has 0 amide bonds. The highest BCUT2D eigenvalue weighted by molar-refractivity contribution is 4.94. The van der Waals surface area contributed by atoms with Gasteiger partial charge in [0.25, 0.3) is 0 Å². The summed E-state index contributed by atoms with van der Waals surface area (Å²) in [6.45, 7) is 12.7. The van der Waals surface area contributed by atoms with Crippen molar-refractivity contribution in [1.82, 2.24) is 0 Å². The minimum absolute atomic E-state index is 0.682. The van der Waals surface area contributed by atoms with Crippen LogP contribution < -0.4 is 0 Å². The number of unbranched alkanes of at least 4 members (excludes halogenated alkanes) is 2. The third kappa shape index (κ3) is 8.07. The van der Waals surface area contributed by atoms with Gasteiger partial charge in [-0.15, -0.1) is 0 Å². The standard InChI is InChI=1S/C31H58/c1-25(22-26(2)14-19-30(5)17-10-7-11-18-30)12-8-6-9-13-29-24-31(21-16-28(29)4)20-15-27(3)23-31/h25-29H,6-24H2,1-5H3/t25-,26+,27-,28?,29?,31+/m0/s1. The molecule has 0 aromatic rings. The molecule has 2 unspecified atom stereocenters. The van der Waals surface area contributed by atoms with Crippen molar-refractivity contribution in [2.75, 3.05) is 0 Å². The normalized spacial score (nSPS) is 35.3. The predicted molar refractivity (Wildman–Crippen MR) is 138 cm³/mol. The van der Waals surface area contributed by atoms with Gasteiger partial charge in [0.1, 0.15) is 0 Å². The summed E-state index contributed by atoms with van der Waals surface area (Å²) in [7, 11) is 0. The van der Waals surface area contributed by atoms with E-state index in [1.54, 1.807) is 25.7 Å². The lowest BCUT2D eigenvalue weighted by Gasteiger charge is -2.42. The van der Waals surface area contributed by atoms with Crippen LogP contribution in [0.25, 0.3) is 0 Å². The molecule has 0 heterocycles.